The first-order valence-electron chi connectivity index (χ1n) is 8.52. The van der Waals surface area contributed by atoms with Gasteiger partial charge in [0.2, 0.25) is 0 Å². The lowest BCUT2D eigenvalue weighted by Gasteiger charge is -2.37. The molecule has 1 aliphatic heterocycles. The Morgan fingerprint density at radius 2 is 2.00 bits per heavy atom. The number of piperidine rings is 1. The van der Waals surface area contributed by atoms with Gasteiger partial charge in [0.05, 0.1) is 6.61 Å². The molecule has 1 N–H and O–H groups in total. The first kappa shape index (κ1) is 15.3. The molecule has 3 rings (SSSR count). The molecule has 1 saturated carbocycles. The van der Waals surface area contributed by atoms with E-state index in [-0.39, 0.29) is 6.03 Å². The number of hydrogen-bond donors (Lipinski definition) is 1. The van der Waals surface area contributed by atoms with E-state index in [0.717, 1.165) is 36.7 Å². The molecule has 0 bridgehead atoms. The third-order valence-electron chi connectivity index (χ3n) is 4.93. The summed E-state index contributed by atoms with van der Waals surface area (Å²) in [5.74, 6) is 0.730. The Morgan fingerprint density at radius 1 is 1.23 bits per heavy atom. The van der Waals surface area contributed by atoms with Gasteiger partial charge in [0.15, 0.2) is 0 Å². The number of ether oxygens (including phenoxy) is 1. The number of benzene rings is 1. The van der Waals surface area contributed by atoms with Crippen molar-refractivity contribution in [1.29, 1.82) is 0 Å². The number of fused-ring (bicyclic) bond motifs is 1. The van der Waals surface area contributed by atoms with Crippen LogP contribution in [0.2, 0.25) is 0 Å². The molecule has 4 heteroatoms. The van der Waals surface area contributed by atoms with Crippen LogP contribution in [-0.2, 0) is 11.3 Å². The molecule has 1 aromatic rings. The summed E-state index contributed by atoms with van der Waals surface area (Å²) in [6.45, 7) is 4.23. The molecule has 1 heterocycles. The second-order valence-electron chi connectivity index (χ2n) is 6.36. The third-order valence-corrected chi connectivity index (χ3v) is 4.93. The predicted molar refractivity (Wildman–Crippen MR) is 87.9 cm³/mol. The number of carbonyl (C=O) groups is 1. The van der Waals surface area contributed by atoms with Crippen molar-refractivity contribution in [3.8, 4) is 0 Å². The van der Waals surface area contributed by atoms with Crippen LogP contribution < -0.4 is 5.32 Å². The zero-order chi connectivity index (χ0) is 15.4. The fourth-order valence-electron chi connectivity index (χ4n) is 3.81. The Balaban J connectivity index is 1.59. The van der Waals surface area contributed by atoms with Gasteiger partial charge in [-0.15, -0.1) is 0 Å². The van der Waals surface area contributed by atoms with Gasteiger partial charge in [0, 0.05) is 24.9 Å². The summed E-state index contributed by atoms with van der Waals surface area (Å²) < 4.78 is 5.39. The molecule has 2 amide bonds. The van der Waals surface area contributed by atoms with E-state index in [0.29, 0.717) is 12.6 Å². The molecule has 2 aliphatic rings. The van der Waals surface area contributed by atoms with E-state index in [9.17, 15) is 4.79 Å². The SMILES string of the molecule is CCOCc1ccc(NC(=O)N2CCC[C@@H]3CCC[C@H]32)cc1. The first-order chi connectivity index (χ1) is 10.8. The highest BCUT2D eigenvalue weighted by atomic mass is 16.5. The van der Waals surface area contributed by atoms with Gasteiger partial charge in [-0.1, -0.05) is 18.6 Å². The van der Waals surface area contributed by atoms with Crippen LogP contribution in [0.3, 0.4) is 0 Å². The Hall–Kier alpha value is -1.55. The number of rotatable bonds is 4. The van der Waals surface area contributed by atoms with E-state index in [2.05, 4.69) is 10.2 Å². The molecule has 2 atom stereocenters. The fourth-order valence-corrected chi connectivity index (χ4v) is 3.81. The van der Waals surface area contributed by atoms with Crippen molar-refractivity contribution < 1.29 is 9.53 Å². The molecule has 22 heavy (non-hydrogen) atoms. The van der Waals surface area contributed by atoms with Gasteiger partial charge in [-0.25, -0.2) is 4.79 Å². The van der Waals surface area contributed by atoms with Gasteiger partial charge in [0.1, 0.15) is 0 Å². The standard InChI is InChI=1S/C18H26N2O2/c1-2-22-13-14-8-10-16(11-9-14)19-18(21)20-12-4-6-15-5-3-7-17(15)20/h8-11,15,17H,2-7,12-13H2,1H3,(H,19,21)/t15-,17+/m0/s1. The van der Waals surface area contributed by atoms with Crippen LogP contribution >= 0.6 is 0 Å². The van der Waals surface area contributed by atoms with Crippen LogP contribution in [0.25, 0.3) is 0 Å². The Kier molecular flexibility index (Phi) is 4.98. The van der Waals surface area contributed by atoms with Gasteiger partial charge in [-0.2, -0.15) is 0 Å². The van der Waals surface area contributed by atoms with E-state index < -0.39 is 0 Å². The number of carbonyl (C=O) groups excluding carboxylic acids is 1. The Morgan fingerprint density at radius 3 is 2.77 bits per heavy atom. The maximum atomic E-state index is 12.6. The summed E-state index contributed by atoms with van der Waals surface area (Å²) in [6.07, 6.45) is 6.17. The number of nitrogens with zero attached hydrogens (tertiary/aromatic N) is 1. The molecule has 1 saturated heterocycles. The van der Waals surface area contributed by atoms with E-state index in [1.54, 1.807) is 0 Å². The smallest absolute Gasteiger partial charge is 0.322 e. The van der Waals surface area contributed by atoms with E-state index >= 15 is 0 Å². The summed E-state index contributed by atoms with van der Waals surface area (Å²) in [5.41, 5.74) is 2.00. The van der Waals surface area contributed by atoms with Crippen molar-refractivity contribution >= 4 is 11.7 Å². The van der Waals surface area contributed by atoms with Crippen LogP contribution in [0.15, 0.2) is 24.3 Å². The normalized spacial score (nSPS) is 24.1. The number of anilines is 1. The lowest BCUT2D eigenvalue weighted by molar-refractivity contribution is 0.134. The van der Waals surface area contributed by atoms with Crippen molar-refractivity contribution in [3.05, 3.63) is 29.8 Å². The lowest BCUT2D eigenvalue weighted by Crippen LogP contribution is -2.48. The van der Waals surface area contributed by atoms with Crippen LogP contribution in [0.4, 0.5) is 10.5 Å². The Bertz CT molecular complexity index is 500. The zero-order valence-electron chi connectivity index (χ0n) is 13.4. The molecule has 4 nitrogen and oxygen atoms in total. The average molecular weight is 302 g/mol. The summed E-state index contributed by atoms with van der Waals surface area (Å²) in [6, 6.07) is 8.48. The maximum absolute atomic E-state index is 12.6. The zero-order valence-corrected chi connectivity index (χ0v) is 13.4. The van der Waals surface area contributed by atoms with Crippen LogP contribution in [0, 0.1) is 5.92 Å². The summed E-state index contributed by atoms with van der Waals surface area (Å²) in [7, 11) is 0. The van der Waals surface area contributed by atoms with E-state index in [4.69, 9.17) is 4.74 Å². The molecule has 2 fully saturated rings. The summed E-state index contributed by atoms with van der Waals surface area (Å²) in [4.78, 5) is 14.6. The minimum Gasteiger partial charge on any atom is -0.377 e. The molecule has 1 aliphatic carbocycles. The minimum atomic E-state index is 0.0640. The van der Waals surface area contributed by atoms with E-state index in [1.165, 1.54) is 25.7 Å². The molecule has 0 spiro atoms. The van der Waals surface area contributed by atoms with Crippen LogP contribution in [0.1, 0.15) is 44.6 Å². The molecular weight excluding hydrogens is 276 g/mol. The molecule has 120 valence electrons. The predicted octanol–water partition coefficient (Wildman–Crippen LogP) is 4.02. The van der Waals surface area contributed by atoms with Crippen molar-refractivity contribution in [3.63, 3.8) is 0 Å². The van der Waals surface area contributed by atoms with E-state index in [1.807, 2.05) is 31.2 Å². The maximum Gasteiger partial charge on any atom is 0.322 e. The monoisotopic (exact) mass is 302 g/mol. The van der Waals surface area contributed by atoms with Gasteiger partial charge < -0.3 is 15.0 Å². The molecule has 1 aromatic carbocycles. The van der Waals surface area contributed by atoms with Gasteiger partial charge >= 0.3 is 6.03 Å². The quantitative estimate of drug-likeness (QED) is 0.912. The topological polar surface area (TPSA) is 41.6 Å². The highest BCUT2D eigenvalue weighted by Gasteiger charge is 2.37. The van der Waals surface area contributed by atoms with Crippen LogP contribution in [-0.4, -0.2) is 30.1 Å². The van der Waals surface area contributed by atoms with Gasteiger partial charge in [0.25, 0.3) is 0 Å². The fraction of sp³-hybridized carbons (Fsp3) is 0.611. The number of amides is 2. The third kappa shape index (κ3) is 3.43. The van der Waals surface area contributed by atoms with Crippen molar-refractivity contribution in [2.45, 2.75) is 51.7 Å². The van der Waals surface area contributed by atoms with Gasteiger partial charge in [-0.3, -0.25) is 0 Å². The van der Waals surface area contributed by atoms with Gasteiger partial charge in [-0.05, 0) is 56.2 Å². The lowest BCUT2D eigenvalue weighted by atomic mass is 9.92. The number of nitrogens with one attached hydrogen (secondary N) is 1. The van der Waals surface area contributed by atoms with Crippen molar-refractivity contribution in [1.82, 2.24) is 4.90 Å². The molecule has 0 aromatic heterocycles. The second-order valence-corrected chi connectivity index (χ2v) is 6.36. The highest BCUT2D eigenvalue weighted by Crippen LogP contribution is 2.36. The van der Waals surface area contributed by atoms with Crippen molar-refractivity contribution in [2.24, 2.45) is 5.92 Å². The average Bonchev–Trinajstić information content (AvgIpc) is 3.02. The molecular formula is C18H26N2O2. The number of likely N-dealkylation sites (tertiary alicyclic amines) is 1. The number of hydrogen-bond acceptors (Lipinski definition) is 2. The van der Waals surface area contributed by atoms with Crippen LogP contribution in [0.5, 0.6) is 0 Å². The van der Waals surface area contributed by atoms with Crippen molar-refractivity contribution in [2.75, 3.05) is 18.5 Å². The second kappa shape index (κ2) is 7.14. The number of urea groups is 1. The first-order valence-corrected chi connectivity index (χ1v) is 8.52. The Labute approximate surface area is 132 Å². The molecule has 0 unspecified atom stereocenters. The largest absolute Gasteiger partial charge is 0.377 e. The molecule has 0 radical (unpaired) electrons. The highest BCUT2D eigenvalue weighted by molar-refractivity contribution is 5.89. The summed E-state index contributed by atoms with van der Waals surface area (Å²) >= 11 is 0. The summed E-state index contributed by atoms with van der Waals surface area (Å²) in [5, 5.41) is 3.05. The minimum absolute atomic E-state index is 0.0640.